The molecule has 1 aliphatic heterocycles. The van der Waals surface area contributed by atoms with Gasteiger partial charge in [0.2, 0.25) is 0 Å². The highest BCUT2D eigenvalue weighted by atomic mass is 32.1. The lowest BCUT2D eigenvalue weighted by Crippen LogP contribution is -2.38. The fourth-order valence-corrected chi connectivity index (χ4v) is 4.00. The maximum atomic E-state index is 12.8. The summed E-state index contributed by atoms with van der Waals surface area (Å²) in [5, 5.41) is 0.890. The van der Waals surface area contributed by atoms with Crippen molar-refractivity contribution in [3.05, 3.63) is 23.2 Å². The molecular formula is C15H19N3OS. The number of thiophene rings is 1. The molecule has 0 spiro atoms. The zero-order valence-corrected chi connectivity index (χ0v) is 12.6. The molecule has 0 radical (unpaired) electrons. The van der Waals surface area contributed by atoms with Gasteiger partial charge in [-0.15, -0.1) is 11.3 Å². The molecule has 2 N–H and O–H groups in total. The molecule has 3 rings (SSSR count). The maximum absolute atomic E-state index is 12.8. The number of fused-ring (bicyclic) bond motifs is 1. The molecule has 0 aromatic carbocycles. The third-order valence-electron chi connectivity index (χ3n) is 4.03. The molecule has 20 heavy (non-hydrogen) atoms. The lowest BCUT2D eigenvalue weighted by atomic mass is 10.0. The normalized spacial score (nSPS) is 19.1. The van der Waals surface area contributed by atoms with Crippen molar-refractivity contribution in [2.45, 2.75) is 32.7 Å². The monoisotopic (exact) mass is 289 g/mol. The minimum atomic E-state index is 0.0710. The predicted octanol–water partition coefficient (Wildman–Crippen LogP) is 3.14. The number of likely N-dealkylation sites (tertiary alicyclic amines) is 1. The molecule has 0 aliphatic carbocycles. The molecular weight excluding hydrogens is 270 g/mol. The van der Waals surface area contributed by atoms with E-state index in [1.54, 1.807) is 6.20 Å². The van der Waals surface area contributed by atoms with Crippen molar-refractivity contribution in [2.24, 2.45) is 5.92 Å². The van der Waals surface area contributed by atoms with Gasteiger partial charge in [-0.2, -0.15) is 0 Å². The molecule has 1 atom stereocenters. The standard InChI is InChI=1S/C15H19N3OS/c1-9(2)11-6-4-8-18(11)15(19)13-12(16)10-5-3-7-17-14(10)20-13/h3,5,7,9,11H,4,6,8,16H2,1-2H3. The molecule has 1 aliphatic rings. The Labute approximate surface area is 122 Å². The van der Waals surface area contributed by atoms with Gasteiger partial charge in [-0.3, -0.25) is 4.79 Å². The first-order chi connectivity index (χ1) is 9.59. The maximum Gasteiger partial charge on any atom is 0.266 e. The molecule has 4 nitrogen and oxygen atoms in total. The van der Waals surface area contributed by atoms with Crippen molar-refractivity contribution in [3.8, 4) is 0 Å². The van der Waals surface area contributed by atoms with Crippen LogP contribution >= 0.6 is 11.3 Å². The van der Waals surface area contributed by atoms with Crippen LogP contribution in [0.2, 0.25) is 0 Å². The van der Waals surface area contributed by atoms with Crippen LogP contribution < -0.4 is 5.73 Å². The number of amides is 1. The van der Waals surface area contributed by atoms with Crippen molar-refractivity contribution in [3.63, 3.8) is 0 Å². The van der Waals surface area contributed by atoms with Crippen molar-refractivity contribution in [1.82, 2.24) is 9.88 Å². The average molecular weight is 289 g/mol. The molecule has 3 heterocycles. The van der Waals surface area contributed by atoms with E-state index in [1.165, 1.54) is 11.3 Å². The lowest BCUT2D eigenvalue weighted by molar-refractivity contribution is 0.0707. The Bertz CT molecular complexity index is 650. The zero-order valence-electron chi connectivity index (χ0n) is 11.8. The Morgan fingerprint density at radius 1 is 1.55 bits per heavy atom. The van der Waals surface area contributed by atoms with E-state index < -0.39 is 0 Å². The largest absolute Gasteiger partial charge is 0.397 e. The molecule has 0 saturated carbocycles. The van der Waals surface area contributed by atoms with Gasteiger partial charge in [0.1, 0.15) is 9.71 Å². The van der Waals surface area contributed by atoms with E-state index in [0.717, 1.165) is 29.6 Å². The van der Waals surface area contributed by atoms with Crippen LogP contribution in [0.4, 0.5) is 5.69 Å². The summed E-state index contributed by atoms with van der Waals surface area (Å²) in [6.07, 6.45) is 3.91. The van der Waals surface area contributed by atoms with E-state index in [4.69, 9.17) is 5.73 Å². The van der Waals surface area contributed by atoms with Gasteiger partial charge in [0.25, 0.3) is 5.91 Å². The summed E-state index contributed by atoms with van der Waals surface area (Å²) in [6, 6.07) is 4.11. The Morgan fingerprint density at radius 2 is 2.35 bits per heavy atom. The van der Waals surface area contributed by atoms with Crippen LogP contribution in [-0.4, -0.2) is 28.4 Å². The number of hydrogen-bond acceptors (Lipinski definition) is 4. The van der Waals surface area contributed by atoms with Gasteiger partial charge in [0, 0.05) is 24.2 Å². The molecule has 106 valence electrons. The Balaban J connectivity index is 1.98. The van der Waals surface area contributed by atoms with Gasteiger partial charge in [-0.05, 0) is 30.9 Å². The fourth-order valence-electron chi connectivity index (χ4n) is 2.98. The number of carbonyl (C=O) groups excluding carboxylic acids is 1. The Hall–Kier alpha value is -1.62. The highest BCUT2D eigenvalue weighted by molar-refractivity contribution is 7.21. The number of hydrogen-bond donors (Lipinski definition) is 1. The van der Waals surface area contributed by atoms with Gasteiger partial charge in [0.05, 0.1) is 5.69 Å². The van der Waals surface area contributed by atoms with Crippen molar-refractivity contribution < 1.29 is 4.79 Å². The Kier molecular flexibility index (Phi) is 3.38. The summed E-state index contributed by atoms with van der Waals surface area (Å²) in [5.74, 6) is 0.553. The number of nitrogens with two attached hydrogens (primary N) is 1. The van der Waals surface area contributed by atoms with Crippen molar-refractivity contribution in [1.29, 1.82) is 0 Å². The number of carbonyl (C=O) groups is 1. The first kappa shape index (κ1) is 13.4. The van der Waals surface area contributed by atoms with Crippen molar-refractivity contribution >= 4 is 33.1 Å². The minimum absolute atomic E-state index is 0.0710. The number of pyridine rings is 1. The smallest absolute Gasteiger partial charge is 0.266 e. The Morgan fingerprint density at radius 3 is 3.05 bits per heavy atom. The first-order valence-corrected chi connectivity index (χ1v) is 7.85. The molecule has 0 bridgehead atoms. The van der Waals surface area contributed by atoms with Gasteiger partial charge in [0.15, 0.2) is 0 Å². The summed E-state index contributed by atoms with van der Waals surface area (Å²) in [5.41, 5.74) is 6.73. The highest BCUT2D eigenvalue weighted by Gasteiger charge is 2.33. The molecule has 2 aromatic rings. The molecule has 1 amide bonds. The van der Waals surface area contributed by atoms with Crippen LogP contribution in [0.15, 0.2) is 18.3 Å². The van der Waals surface area contributed by atoms with E-state index in [-0.39, 0.29) is 5.91 Å². The minimum Gasteiger partial charge on any atom is -0.397 e. The number of nitrogen functional groups attached to an aromatic ring is 1. The summed E-state index contributed by atoms with van der Waals surface area (Å²) in [6.45, 7) is 5.18. The van der Waals surface area contributed by atoms with Gasteiger partial charge < -0.3 is 10.6 Å². The van der Waals surface area contributed by atoms with Crippen LogP contribution in [0.5, 0.6) is 0 Å². The number of aromatic nitrogens is 1. The average Bonchev–Trinajstić information content (AvgIpc) is 3.04. The summed E-state index contributed by atoms with van der Waals surface area (Å²) >= 11 is 1.41. The molecule has 5 heteroatoms. The quantitative estimate of drug-likeness (QED) is 0.924. The van der Waals surface area contributed by atoms with E-state index in [9.17, 15) is 4.79 Å². The van der Waals surface area contributed by atoms with Crippen molar-refractivity contribution in [2.75, 3.05) is 12.3 Å². The molecule has 1 unspecified atom stereocenters. The topological polar surface area (TPSA) is 59.2 Å². The second-order valence-corrected chi connectivity index (χ2v) is 6.65. The first-order valence-electron chi connectivity index (χ1n) is 7.03. The van der Waals surface area contributed by atoms with Crippen LogP contribution in [0, 0.1) is 5.92 Å². The number of rotatable bonds is 2. The fraction of sp³-hybridized carbons (Fsp3) is 0.467. The van der Waals surface area contributed by atoms with E-state index >= 15 is 0 Å². The SMILES string of the molecule is CC(C)C1CCCN1C(=O)c1sc2ncccc2c1N. The van der Waals surface area contributed by atoms with Crippen LogP contribution in [-0.2, 0) is 0 Å². The zero-order chi connectivity index (χ0) is 14.3. The predicted molar refractivity (Wildman–Crippen MR) is 82.9 cm³/mol. The molecule has 2 aromatic heterocycles. The molecule has 1 fully saturated rings. The number of nitrogens with zero attached hydrogens (tertiary/aromatic N) is 2. The third-order valence-corrected chi connectivity index (χ3v) is 5.15. The van der Waals surface area contributed by atoms with Crippen LogP contribution in [0.3, 0.4) is 0 Å². The molecule has 1 saturated heterocycles. The van der Waals surface area contributed by atoms with E-state index in [0.29, 0.717) is 22.5 Å². The highest BCUT2D eigenvalue weighted by Crippen LogP contribution is 2.35. The van der Waals surface area contributed by atoms with Crippen LogP contribution in [0.1, 0.15) is 36.4 Å². The van der Waals surface area contributed by atoms with Gasteiger partial charge in [-0.1, -0.05) is 13.8 Å². The van der Waals surface area contributed by atoms with Gasteiger partial charge in [-0.25, -0.2) is 4.98 Å². The van der Waals surface area contributed by atoms with Crippen LogP contribution in [0.25, 0.3) is 10.2 Å². The van der Waals surface area contributed by atoms with Gasteiger partial charge >= 0.3 is 0 Å². The second kappa shape index (κ2) is 5.05. The summed E-state index contributed by atoms with van der Waals surface area (Å²) in [7, 11) is 0. The summed E-state index contributed by atoms with van der Waals surface area (Å²) in [4.78, 5) is 20.6. The third kappa shape index (κ3) is 2.06. The number of anilines is 1. The second-order valence-electron chi connectivity index (χ2n) is 5.65. The van der Waals surface area contributed by atoms with E-state index in [2.05, 4.69) is 18.8 Å². The lowest BCUT2D eigenvalue weighted by Gasteiger charge is -2.27. The van der Waals surface area contributed by atoms with E-state index in [1.807, 2.05) is 17.0 Å². The summed E-state index contributed by atoms with van der Waals surface area (Å²) < 4.78 is 0.